The molecule has 98 valence electrons. The van der Waals surface area contributed by atoms with Gasteiger partial charge in [-0.1, -0.05) is 12.2 Å². The van der Waals surface area contributed by atoms with Crippen LogP contribution in [-0.2, 0) is 9.53 Å². The Bertz CT molecular complexity index is 294. The maximum atomic E-state index is 11.2. The van der Waals surface area contributed by atoms with Crippen molar-refractivity contribution in [3.63, 3.8) is 0 Å². The molecule has 0 unspecified atom stereocenters. The highest BCUT2D eigenvalue weighted by Gasteiger charge is 2.15. The minimum Gasteiger partial charge on any atom is -0.480 e. The number of hydrogen-bond acceptors (Lipinski definition) is 4. The average Bonchev–Trinajstić information content (AvgIpc) is 2.13. The van der Waals surface area contributed by atoms with E-state index in [1.165, 1.54) is 0 Å². The summed E-state index contributed by atoms with van der Waals surface area (Å²) in [5.74, 6) is -1.05. The Labute approximate surface area is 101 Å². The fourth-order valence-corrected chi connectivity index (χ4v) is 0.883. The van der Waals surface area contributed by atoms with Crippen LogP contribution in [0.3, 0.4) is 0 Å². The molecule has 0 spiro atoms. The highest BCUT2D eigenvalue weighted by Crippen LogP contribution is 2.06. The van der Waals surface area contributed by atoms with Gasteiger partial charge >= 0.3 is 12.1 Å². The Morgan fingerprint density at radius 2 is 2.00 bits per heavy atom. The van der Waals surface area contributed by atoms with Gasteiger partial charge in [-0.3, -0.25) is 4.79 Å². The molecule has 0 aromatic rings. The third-order valence-electron chi connectivity index (χ3n) is 1.64. The first-order chi connectivity index (χ1) is 7.72. The van der Waals surface area contributed by atoms with Gasteiger partial charge in [-0.15, -0.1) is 0 Å². The zero-order valence-corrected chi connectivity index (χ0v) is 10.4. The fraction of sp³-hybridized carbons (Fsp3) is 0.636. The lowest BCUT2D eigenvalue weighted by molar-refractivity contribution is -0.138. The molecule has 0 saturated carbocycles. The van der Waals surface area contributed by atoms with Crippen LogP contribution < -0.4 is 11.1 Å². The van der Waals surface area contributed by atoms with Crippen LogP contribution in [-0.4, -0.2) is 35.4 Å². The lowest BCUT2D eigenvalue weighted by atomic mass is 10.2. The van der Waals surface area contributed by atoms with Crippen molar-refractivity contribution < 1.29 is 19.4 Å². The van der Waals surface area contributed by atoms with E-state index in [9.17, 15) is 9.59 Å². The van der Waals surface area contributed by atoms with Crippen LogP contribution >= 0.6 is 0 Å². The molecule has 0 aromatic carbocycles. The van der Waals surface area contributed by atoms with Gasteiger partial charge in [0.05, 0.1) is 0 Å². The number of hydrogen-bond donors (Lipinski definition) is 3. The van der Waals surface area contributed by atoms with Crippen molar-refractivity contribution in [1.29, 1.82) is 0 Å². The Morgan fingerprint density at radius 3 is 2.47 bits per heavy atom. The van der Waals surface area contributed by atoms with E-state index < -0.39 is 23.7 Å². The fourth-order valence-electron chi connectivity index (χ4n) is 0.883. The van der Waals surface area contributed by atoms with Crippen LogP contribution in [0.2, 0.25) is 0 Å². The Kier molecular flexibility index (Phi) is 6.27. The van der Waals surface area contributed by atoms with E-state index in [0.717, 1.165) is 0 Å². The van der Waals surface area contributed by atoms with Gasteiger partial charge in [0.1, 0.15) is 11.6 Å². The molecule has 0 rings (SSSR count). The van der Waals surface area contributed by atoms with Crippen molar-refractivity contribution in [1.82, 2.24) is 5.32 Å². The summed E-state index contributed by atoms with van der Waals surface area (Å²) in [4.78, 5) is 21.6. The molecule has 4 N–H and O–H groups in total. The predicted molar refractivity (Wildman–Crippen MR) is 63.6 cm³/mol. The Morgan fingerprint density at radius 1 is 1.41 bits per heavy atom. The first-order valence-corrected chi connectivity index (χ1v) is 5.32. The van der Waals surface area contributed by atoms with Gasteiger partial charge in [0.2, 0.25) is 0 Å². The molecule has 0 saturated heterocycles. The minimum absolute atomic E-state index is 0.228. The zero-order valence-electron chi connectivity index (χ0n) is 10.4. The summed E-state index contributed by atoms with van der Waals surface area (Å²) in [5, 5.41) is 11.0. The molecule has 0 fully saturated rings. The number of nitrogens with one attached hydrogen (secondary N) is 1. The number of nitrogens with two attached hydrogens (primary N) is 1. The van der Waals surface area contributed by atoms with Crippen LogP contribution in [0.15, 0.2) is 12.2 Å². The molecule has 0 aliphatic carbocycles. The SMILES string of the molecule is CC(C)(C)OC(=O)NC/C=C/C[C@H](N)C(=O)O. The predicted octanol–water partition coefficient (Wildman–Crippen LogP) is 0.869. The van der Waals surface area contributed by atoms with Gasteiger partial charge < -0.3 is 20.9 Å². The van der Waals surface area contributed by atoms with Gasteiger partial charge in [-0.2, -0.15) is 0 Å². The normalized spacial score (nSPS) is 13.4. The van der Waals surface area contributed by atoms with E-state index in [4.69, 9.17) is 15.6 Å². The summed E-state index contributed by atoms with van der Waals surface area (Å²) in [6, 6.07) is -0.909. The lowest BCUT2D eigenvalue weighted by Gasteiger charge is -2.19. The van der Waals surface area contributed by atoms with Gasteiger partial charge in [-0.05, 0) is 27.2 Å². The highest BCUT2D eigenvalue weighted by atomic mass is 16.6. The Hall–Kier alpha value is -1.56. The van der Waals surface area contributed by atoms with E-state index in [0.29, 0.717) is 0 Å². The third kappa shape index (κ3) is 9.37. The second kappa shape index (κ2) is 6.90. The summed E-state index contributed by atoms with van der Waals surface area (Å²) in [5.41, 5.74) is 4.75. The summed E-state index contributed by atoms with van der Waals surface area (Å²) < 4.78 is 5.00. The molecule has 6 nitrogen and oxygen atoms in total. The van der Waals surface area contributed by atoms with Crippen molar-refractivity contribution in [2.24, 2.45) is 5.73 Å². The smallest absolute Gasteiger partial charge is 0.407 e. The average molecular weight is 244 g/mol. The summed E-state index contributed by atoms with van der Waals surface area (Å²) in [6.07, 6.45) is 2.96. The van der Waals surface area contributed by atoms with Crippen LogP contribution in [0.4, 0.5) is 4.79 Å². The number of ether oxygens (including phenoxy) is 1. The van der Waals surface area contributed by atoms with E-state index >= 15 is 0 Å². The maximum Gasteiger partial charge on any atom is 0.407 e. The molecule has 0 heterocycles. The quantitative estimate of drug-likeness (QED) is 0.623. The molecule has 0 radical (unpaired) electrons. The molecule has 0 aromatic heterocycles. The van der Waals surface area contributed by atoms with Crippen LogP contribution in [0.5, 0.6) is 0 Å². The largest absolute Gasteiger partial charge is 0.480 e. The van der Waals surface area contributed by atoms with Crippen molar-refractivity contribution in [3.8, 4) is 0 Å². The molecule has 0 aliphatic heterocycles. The van der Waals surface area contributed by atoms with E-state index in [1.54, 1.807) is 32.9 Å². The molecule has 1 atom stereocenters. The number of carbonyl (C=O) groups is 2. The van der Waals surface area contributed by atoms with Gasteiger partial charge in [-0.25, -0.2) is 4.79 Å². The van der Waals surface area contributed by atoms with E-state index in [-0.39, 0.29) is 13.0 Å². The lowest BCUT2D eigenvalue weighted by Crippen LogP contribution is -2.32. The van der Waals surface area contributed by atoms with Gasteiger partial charge in [0.25, 0.3) is 0 Å². The monoisotopic (exact) mass is 244 g/mol. The molecule has 1 amide bonds. The van der Waals surface area contributed by atoms with E-state index in [2.05, 4.69) is 5.32 Å². The number of amides is 1. The summed E-state index contributed by atoms with van der Waals surface area (Å²) in [6.45, 7) is 5.60. The minimum atomic E-state index is -1.05. The van der Waals surface area contributed by atoms with E-state index in [1.807, 2.05) is 0 Å². The van der Waals surface area contributed by atoms with Crippen molar-refractivity contribution >= 4 is 12.1 Å². The molecular weight excluding hydrogens is 224 g/mol. The molecule has 6 heteroatoms. The molecule has 0 aliphatic rings. The van der Waals surface area contributed by atoms with Gasteiger partial charge in [0, 0.05) is 6.54 Å². The summed E-state index contributed by atoms with van der Waals surface area (Å²) >= 11 is 0. The van der Waals surface area contributed by atoms with Crippen molar-refractivity contribution in [3.05, 3.63) is 12.2 Å². The zero-order chi connectivity index (χ0) is 13.5. The van der Waals surface area contributed by atoms with Crippen molar-refractivity contribution in [2.75, 3.05) is 6.54 Å². The summed E-state index contributed by atoms with van der Waals surface area (Å²) in [7, 11) is 0. The standard InChI is InChI=1S/C11H20N2O4/c1-11(2,3)17-10(16)13-7-5-4-6-8(12)9(14)15/h4-5,8H,6-7,12H2,1-3H3,(H,13,16)(H,14,15)/b5-4+/t8-/m0/s1. The number of carboxylic acids is 1. The highest BCUT2D eigenvalue weighted by molar-refractivity contribution is 5.73. The van der Waals surface area contributed by atoms with Crippen LogP contribution in [0, 0.1) is 0 Å². The second-order valence-corrected chi connectivity index (χ2v) is 4.53. The number of carbonyl (C=O) groups excluding carboxylic acids is 1. The number of carboxylic acid groups (broad SMARTS) is 1. The Balaban J connectivity index is 3.74. The van der Waals surface area contributed by atoms with Gasteiger partial charge in [0.15, 0.2) is 0 Å². The number of alkyl carbamates (subject to hydrolysis) is 1. The molecule has 17 heavy (non-hydrogen) atoms. The molecular formula is C11H20N2O4. The number of rotatable bonds is 5. The van der Waals surface area contributed by atoms with Crippen LogP contribution in [0.1, 0.15) is 27.2 Å². The van der Waals surface area contributed by atoms with Crippen LogP contribution in [0.25, 0.3) is 0 Å². The topological polar surface area (TPSA) is 102 Å². The first kappa shape index (κ1) is 15.4. The number of aliphatic carboxylic acids is 1. The third-order valence-corrected chi connectivity index (χ3v) is 1.64. The van der Waals surface area contributed by atoms with Crippen molar-refractivity contribution in [2.45, 2.75) is 38.8 Å². The first-order valence-electron chi connectivity index (χ1n) is 5.32. The second-order valence-electron chi connectivity index (χ2n) is 4.53. The molecule has 0 bridgehead atoms. The maximum absolute atomic E-state index is 11.2.